The van der Waals surface area contributed by atoms with Crippen LogP contribution in [0.15, 0.2) is 24.3 Å². The molecule has 0 aliphatic carbocycles. The van der Waals surface area contributed by atoms with Crippen LogP contribution in [0.3, 0.4) is 0 Å². The van der Waals surface area contributed by atoms with E-state index in [1.807, 2.05) is 6.92 Å². The zero-order chi connectivity index (χ0) is 12.3. The molecule has 0 aromatic heterocycles. The van der Waals surface area contributed by atoms with Gasteiger partial charge in [-0.3, -0.25) is 4.90 Å². The Balaban J connectivity index is 2.15. The molecule has 0 radical (unpaired) electrons. The molecular weight excluding hydrogens is 212 g/mol. The molecule has 1 aromatic carbocycles. The Hall–Kier alpha value is -1.06. The molecule has 1 fully saturated rings. The minimum absolute atomic E-state index is 0.468. The van der Waals surface area contributed by atoms with E-state index in [2.05, 4.69) is 36.2 Å². The summed E-state index contributed by atoms with van der Waals surface area (Å²) in [4.78, 5) is 2.40. The SMILES string of the molecule is CCOc1ccc(C2C(CN)CCN2C)cc1. The second-order valence-electron chi connectivity index (χ2n) is 4.71. The Morgan fingerprint density at radius 3 is 2.65 bits per heavy atom. The van der Waals surface area contributed by atoms with Crippen LogP contribution in [0.4, 0.5) is 0 Å². The van der Waals surface area contributed by atoms with E-state index >= 15 is 0 Å². The van der Waals surface area contributed by atoms with Crippen LogP contribution in [-0.2, 0) is 0 Å². The second-order valence-corrected chi connectivity index (χ2v) is 4.71. The van der Waals surface area contributed by atoms with Crippen molar-refractivity contribution in [1.82, 2.24) is 4.90 Å². The van der Waals surface area contributed by atoms with E-state index < -0.39 is 0 Å². The fourth-order valence-corrected chi connectivity index (χ4v) is 2.73. The fourth-order valence-electron chi connectivity index (χ4n) is 2.73. The summed E-state index contributed by atoms with van der Waals surface area (Å²) in [7, 11) is 2.18. The molecule has 0 bridgehead atoms. The number of rotatable bonds is 4. The van der Waals surface area contributed by atoms with Crippen molar-refractivity contribution in [3.05, 3.63) is 29.8 Å². The van der Waals surface area contributed by atoms with E-state index in [0.717, 1.165) is 18.8 Å². The van der Waals surface area contributed by atoms with Gasteiger partial charge >= 0.3 is 0 Å². The van der Waals surface area contributed by atoms with Crippen molar-refractivity contribution in [3.8, 4) is 5.75 Å². The van der Waals surface area contributed by atoms with E-state index in [9.17, 15) is 0 Å². The summed E-state index contributed by atoms with van der Waals surface area (Å²) in [6.07, 6.45) is 1.20. The zero-order valence-electron chi connectivity index (χ0n) is 10.7. The van der Waals surface area contributed by atoms with Gasteiger partial charge in [-0.05, 0) is 57.1 Å². The number of benzene rings is 1. The molecule has 3 heteroatoms. The van der Waals surface area contributed by atoms with Gasteiger partial charge in [0.2, 0.25) is 0 Å². The molecule has 0 amide bonds. The summed E-state index contributed by atoms with van der Waals surface area (Å²) < 4.78 is 5.47. The fraction of sp³-hybridized carbons (Fsp3) is 0.571. The Labute approximate surface area is 104 Å². The monoisotopic (exact) mass is 234 g/mol. The molecule has 3 nitrogen and oxygen atoms in total. The van der Waals surface area contributed by atoms with Crippen LogP contribution in [0.25, 0.3) is 0 Å². The minimum Gasteiger partial charge on any atom is -0.494 e. The summed E-state index contributed by atoms with van der Waals surface area (Å²) >= 11 is 0. The van der Waals surface area contributed by atoms with Gasteiger partial charge in [0.1, 0.15) is 5.75 Å². The van der Waals surface area contributed by atoms with Crippen molar-refractivity contribution in [1.29, 1.82) is 0 Å². The van der Waals surface area contributed by atoms with Crippen molar-refractivity contribution in [3.63, 3.8) is 0 Å². The highest BCUT2D eigenvalue weighted by Crippen LogP contribution is 2.35. The molecule has 94 valence electrons. The third kappa shape index (κ3) is 2.61. The van der Waals surface area contributed by atoms with Gasteiger partial charge < -0.3 is 10.5 Å². The highest BCUT2D eigenvalue weighted by Gasteiger charge is 2.31. The summed E-state index contributed by atoms with van der Waals surface area (Å²) in [5.41, 5.74) is 7.20. The number of hydrogen-bond donors (Lipinski definition) is 1. The first-order valence-electron chi connectivity index (χ1n) is 6.39. The van der Waals surface area contributed by atoms with E-state index in [4.69, 9.17) is 10.5 Å². The quantitative estimate of drug-likeness (QED) is 0.866. The summed E-state index contributed by atoms with van der Waals surface area (Å²) in [5, 5.41) is 0. The van der Waals surface area contributed by atoms with Crippen molar-refractivity contribution < 1.29 is 4.74 Å². The first-order chi connectivity index (χ1) is 8.26. The normalized spacial score (nSPS) is 25.1. The smallest absolute Gasteiger partial charge is 0.119 e. The lowest BCUT2D eigenvalue weighted by Gasteiger charge is -2.24. The maximum atomic E-state index is 5.85. The number of hydrogen-bond acceptors (Lipinski definition) is 3. The lowest BCUT2D eigenvalue weighted by atomic mass is 9.94. The van der Waals surface area contributed by atoms with Crippen molar-refractivity contribution >= 4 is 0 Å². The van der Waals surface area contributed by atoms with Crippen molar-refractivity contribution in [2.24, 2.45) is 11.7 Å². The van der Waals surface area contributed by atoms with Gasteiger partial charge in [-0.1, -0.05) is 12.1 Å². The molecular formula is C14H22N2O. The van der Waals surface area contributed by atoms with E-state index in [1.54, 1.807) is 0 Å². The average Bonchev–Trinajstić information content (AvgIpc) is 2.72. The number of ether oxygens (including phenoxy) is 1. The standard InChI is InChI=1S/C14H22N2O/c1-3-17-13-6-4-11(5-7-13)14-12(10-15)8-9-16(14)2/h4-7,12,14H,3,8-10,15H2,1-2H3. The Bertz CT molecular complexity index is 350. The van der Waals surface area contributed by atoms with Crippen molar-refractivity contribution in [2.45, 2.75) is 19.4 Å². The Kier molecular flexibility index (Phi) is 4.02. The third-order valence-electron chi connectivity index (χ3n) is 3.61. The molecule has 0 spiro atoms. The van der Waals surface area contributed by atoms with Gasteiger partial charge in [0, 0.05) is 6.04 Å². The van der Waals surface area contributed by atoms with Crippen LogP contribution in [0.1, 0.15) is 24.9 Å². The lowest BCUT2D eigenvalue weighted by molar-refractivity contribution is 0.279. The van der Waals surface area contributed by atoms with Crippen LogP contribution in [-0.4, -0.2) is 31.6 Å². The lowest BCUT2D eigenvalue weighted by Crippen LogP contribution is -2.25. The van der Waals surface area contributed by atoms with Gasteiger partial charge in [-0.15, -0.1) is 0 Å². The Morgan fingerprint density at radius 1 is 1.35 bits per heavy atom. The number of nitrogens with zero attached hydrogens (tertiary/aromatic N) is 1. The first-order valence-corrected chi connectivity index (χ1v) is 6.39. The molecule has 1 aliphatic heterocycles. The Morgan fingerprint density at radius 2 is 2.06 bits per heavy atom. The number of likely N-dealkylation sites (tertiary alicyclic amines) is 1. The minimum atomic E-state index is 0.468. The van der Waals surface area contributed by atoms with Crippen LogP contribution in [0.2, 0.25) is 0 Å². The largest absolute Gasteiger partial charge is 0.494 e. The third-order valence-corrected chi connectivity index (χ3v) is 3.61. The molecule has 2 rings (SSSR count). The maximum Gasteiger partial charge on any atom is 0.119 e. The summed E-state index contributed by atoms with van der Waals surface area (Å²) in [6.45, 7) is 4.62. The molecule has 2 unspecified atom stereocenters. The predicted octanol–water partition coefficient (Wildman–Crippen LogP) is 2.04. The molecule has 1 heterocycles. The van der Waals surface area contributed by atoms with Gasteiger partial charge in [0.25, 0.3) is 0 Å². The van der Waals surface area contributed by atoms with Crippen LogP contribution in [0.5, 0.6) is 5.75 Å². The second kappa shape index (κ2) is 5.52. The summed E-state index contributed by atoms with van der Waals surface area (Å²) in [5.74, 6) is 1.53. The van der Waals surface area contributed by atoms with Crippen LogP contribution in [0, 0.1) is 5.92 Å². The zero-order valence-corrected chi connectivity index (χ0v) is 10.7. The molecule has 1 saturated heterocycles. The first kappa shape index (κ1) is 12.4. The molecule has 1 aromatic rings. The molecule has 17 heavy (non-hydrogen) atoms. The molecule has 0 saturated carbocycles. The predicted molar refractivity (Wildman–Crippen MR) is 70.1 cm³/mol. The van der Waals surface area contributed by atoms with E-state index in [-0.39, 0.29) is 0 Å². The van der Waals surface area contributed by atoms with Crippen molar-refractivity contribution in [2.75, 3.05) is 26.7 Å². The molecule has 2 N–H and O–H groups in total. The van der Waals surface area contributed by atoms with E-state index in [0.29, 0.717) is 18.6 Å². The van der Waals surface area contributed by atoms with E-state index in [1.165, 1.54) is 12.0 Å². The van der Waals surface area contributed by atoms with Gasteiger partial charge in [0.15, 0.2) is 0 Å². The molecule has 1 aliphatic rings. The van der Waals surface area contributed by atoms with Crippen LogP contribution >= 0.6 is 0 Å². The maximum absolute atomic E-state index is 5.85. The van der Waals surface area contributed by atoms with Gasteiger partial charge in [-0.2, -0.15) is 0 Å². The summed E-state index contributed by atoms with van der Waals surface area (Å²) in [6, 6.07) is 8.91. The van der Waals surface area contributed by atoms with Gasteiger partial charge in [0.05, 0.1) is 6.61 Å². The number of nitrogens with two attached hydrogens (primary N) is 1. The average molecular weight is 234 g/mol. The molecule has 2 atom stereocenters. The topological polar surface area (TPSA) is 38.5 Å². The highest BCUT2D eigenvalue weighted by molar-refractivity contribution is 5.30. The highest BCUT2D eigenvalue weighted by atomic mass is 16.5. The van der Waals surface area contributed by atoms with Crippen LogP contribution < -0.4 is 10.5 Å². The van der Waals surface area contributed by atoms with Gasteiger partial charge in [-0.25, -0.2) is 0 Å².